The fourth-order valence-corrected chi connectivity index (χ4v) is 3.33. The lowest BCUT2D eigenvalue weighted by Gasteiger charge is -2.10. The van der Waals surface area contributed by atoms with Crippen LogP contribution in [0.1, 0.15) is 43.0 Å². The Morgan fingerprint density at radius 3 is 2.67 bits per heavy atom. The standard InChI is InChI=1S/C16H21BrN2OS/c1-10(2)16-19-13(9-21-16)8-20-15-5-4-12(6-11(3)18)7-14(15)17/h4-5,7,9-11H,6,8,18H2,1-3H3. The van der Waals surface area contributed by atoms with Crippen molar-refractivity contribution in [2.75, 3.05) is 0 Å². The molecule has 0 amide bonds. The van der Waals surface area contributed by atoms with Gasteiger partial charge in [0.05, 0.1) is 15.2 Å². The molecule has 2 N–H and O–H groups in total. The zero-order valence-electron chi connectivity index (χ0n) is 12.6. The Morgan fingerprint density at radius 1 is 1.33 bits per heavy atom. The van der Waals surface area contributed by atoms with E-state index < -0.39 is 0 Å². The van der Waals surface area contributed by atoms with Crippen molar-refractivity contribution in [1.29, 1.82) is 0 Å². The zero-order chi connectivity index (χ0) is 15.4. The SMILES string of the molecule is CC(N)Cc1ccc(OCc2csc(C(C)C)n2)c(Br)c1. The zero-order valence-corrected chi connectivity index (χ0v) is 15.0. The van der Waals surface area contributed by atoms with Crippen molar-refractivity contribution in [1.82, 2.24) is 4.98 Å². The molecule has 0 spiro atoms. The molecule has 0 aliphatic heterocycles. The fraction of sp³-hybridized carbons (Fsp3) is 0.438. The highest BCUT2D eigenvalue weighted by Gasteiger charge is 2.08. The average molecular weight is 369 g/mol. The van der Waals surface area contributed by atoms with E-state index in [1.807, 2.05) is 13.0 Å². The summed E-state index contributed by atoms with van der Waals surface area (Å²) in [4.78, 5) is 4.57. The van der Waals surface area contributed by atoms with Crippen molar-refractivity contribution in [2.45, 2.75) is 45.8 Å². The molecule has 1 heterocycles. The number of nitrogens with zero attached hydrogens (tertiary/aromatic N) is 1. The van der Waals surface area contributed by atoms with Crippen LogP contribution in [0.5, 0.6) is 5.75 Å². The minimum atomic E-state index is 0.160. The van der Waals surface area contributed by atoms with Crippen LogP contribution in [0.4, 0.5) is 0 Å². The smallest absolute Gasteiger partial charge is 0.134 e. The van der Waals surface area contributed by atoms with Gasteiger partial charge >= 0.3 is 0 Å². The molecular weight excluding hydrogens is 348 g/mol. The van der Waals surface area contributed by atoms with Crippen molar-refractivity contribution in [3.8, 4) is 5.75 Å². The molecule has 114 valence electrons. The highest BCUT2D eigenvalue weighted by atomic mass is 79.9. The third-order valence-corrected chi connectivity index (χ3v) is 4.81. The molecule has 1 atom stereocenters. The summed E-state index contributed by atoms with van der Waals surface area (Å²) < 4.78 is 6.80. The lowest BCUT2D eigenvalue weighted by molar-refractivity contribution is 0.300. The summed E-state index contributed by atoms with van der Waals surface area (Å²) in [7, 11) is 0. The minimum absolute atomic E-state index is 0.160. The first-order valence-electron chi connectivity index (χ1n) is 7.06. The second kappa shape index (κ2) is 7.38. The van der Waals surface area contributed by atoms with Crippen LogP contribution in [0, 0.1) is 0 Å². The molecule has 0 aliphatic carbocycles. The van der Waals surface area contributed by atoms with Gasteiger partial charge in [-0.2, -0.15) is 0 Å². The number of aromatic nitrogens is 1. The maximum atomic E-state index is 5.84. The van der Waals surface area contributed by atoms with Gasteiger partial charge in [0.15, 0.2) is 0 Å². The molecule has 21 heavy (non-hydrogen) atoms. The van der Waals surface area contributed by atoms with Crippen LogP contribution in [-0.2, 0) is 13.0 Å². The van der Waals surface area contributed by atoms with E-state index >= 15 is 0 Å². The monoisotopic (exact) mass is 368 g/mol. The second-order valence-corrected chi connectivity index (χ2v) is 7.31. The average Bonchev–Trinajstić information content (AvgIpc) is 2.86. The maximum Gasteiger partial charge on any atom is 0.134 e. The van der Waals surface area contributed by atoms with E-state index in [2.05, 4.69) is 52.3 Å². The summed E-state index contributed by atoms with van der Waals surface area (Å²) in [5, 5.41) is 3.22. The molecule has 1 aromatic carbocycles. The summed E-state index contributed by atoms with van der Waals surface area (Å²) in [5.41, 5.74) is 8.01. The van der Waals surface area contributed by atoms with Crippen LogP contribution in [0.2, 0.25) is 0 Å². The molecule has 0 saturated carbocycles. The van der Waals surface area contributed by atoms with Gasteiger partial charge < -0.3 is 10.5 Å². The number of hydrogen-bond donors (Lipinski definition) is 1. The topological polar surface area (TPSA) is 48.1 Å². The van der Waals surface area contributed by atoms with E-state index in [4.69, 9.17) is 10.5 Å². The molecular formula is C16H21BrN2OS. The minimum Gasteiger partial charge on any atom is -0.486 e. The molecule has 3 nitrogen and oxygen atoms in total. The Balaban J connectivity index is 1.99. The van der Waals surface area contributed by atoms with Crippen molar-refractivity contribution < 1.29 is 4.74 Å². The first-order chi connectivity index (χ1) is 9.95. The highest BCUT2D eigenvalue weighted by molar-refractivity contribution is 9.10. The molecule has 0 bridgehead atoms. The molecule has 1 unspecified atom stereocenters. The molecule has 0 aliphatic rings. The van der Waals surface area contributed by atoms with Crippen LogP contribution < -0.4 is 10.5 Å². The van der Waals surface area contributed by atoms with Crippen molar-refractivity contribution in [3.05, 3.63) is 44.3 Å². The molecule has 2 rings (SSSR count). The van der Waals surface area contributed by atoms with Crippen LogP contribution in [0.15, 0.2) is 28.1 Å². The lowest BCUT2D eigenvalue weighted by Crippen LogP contribution is -2.17. The summed E-state index contributed by atoms with van der Waals surface area (Å²) in [6, 6.07) is 6.27. The van der Waals surface area contributed by atoms with E-state index in [1.54, 1.807) is 11.3 Å². The van der Waals surface area contributed by atoms with Gasteiger partial charge in [-0.1, -0.05) is 19.9 Å². The number of benzene rings is 1. The highest BCUT2D eigenvalue weighted by Crippen LogP contribution is 2.28. The number of ether oxygens (including phenoxy) is 1. The Morgan fingerprint density at radius 2 is 2.10 bits per heavy atom. The van der Waals surface area contributed by atoms with E-state index in [-0.39, 0.29) is 6.04 Å². The van der Waals surface area contributed by atoms with Gasteiger partial charge in [0.2, 0.25) is 0 Å². The molecule has 2 aromatic rings. The van der Waals surface area contributed by atoms with Crippen LogP contribution >= 0.6 is 27.3 Å². The van der Waals surface area contributed by atoms with E-state index in [9.17, 15) is 0 Å². The molecule has 5 heteroatoms. The maximum absolute atomic E-state index is 5.84. The summed E-state index contributed by atoms with van der Waals surface area (Å²) >= 11 is 5.24. The summed E-state index contributed by atoms with van der Waals surface area (Å²) in [6.45, 7) is 6.80. The third kappa shape index (κ3) is 4.80. The number of hydrogen-bond acceptors (Lipinski definition) is 4. The van der Waals surface area contributed by atoms with Gasteiger partial charge in [-0.15, -0.1) is 11.3 Å². The van der Waals surface area contributed by atoms with E-state index in [0.717, 1.165) is 27.3 Å². The predicted octanol–water partition coefficient (Wildman–Crippen LogP) is 4.50. The largest absolute Gasteiger partial charge is 0.486 e. The normalized spacial score (nSPS) is 12.7. The van der Waals surface area contributed by atoms with Crippen LogP contribution in [0.3, 0.4) is 0 Å². The Labute approximate surface area is 138 Å². The van der Waals surface area contributed by atoms with Crippen molar-refractivity contribution in [2.24, 2.45) is 5.73 Å². The Bertz CT molecular complexity index is 596. The Hall–Kier alpha value is -0.910. The first kappa shape index (κ1) is 16.5. The number of halogens is 1. The summed E-state index contributed by atoms with van der Waals surface area (Å²) in [6.07, 6.45) is 0.864. The number of thiazole rings is 1. The molecule has 1 aromatic heterocycles. The van der Waals surface area contributed by atoms with Crippen LogP contribution in [0.25, 0.3) is 0 Å². The van der Waals surface area contributed by atoms with E-state index in [0.29, 0.717) is 12.5 Å². The van der Waals surface area contributed by atoms with Gasteiger partial charge in [-0.25, -0.2) is 4.98 Å². The van der Waals surface area contributed by atoms with Gasteiger partial charge in [0, 0.05) is 17.3 Å². The number of nitrogens with two attached hydrogens (primary N) is 1. The Kier molecular flexibility index (Phi) is 5.79. The van der Waals surface area contributed by atoms with Crippen LogP contribution in [-0.4, -0.2) is 11.0 Å². The van der Waals surface area contributed by atoms with Gasteiger partial charge in [0.1, 0.15) is 12.4 Å². The van der Waals surface area contributed by atoms with Gasteiger partial charge in [0.25, 0.3) is 0 Å². The first-order valence-corrected chi connectivity index (χ1v) is 8.74. The van der Waals surface area contributed by atoms with E-state index in [1.165, 1.54) is 5.56 Å². The number of rotatable bonds is 6. The predicted molar refractivity (Wildman–Crippen MR) is 92.0 cm³/mol. The van der Waals surface area contributed by atoms with Gasteiger partial charge in [-0.3, -0.25) is 0 Å². The summed E-state index contributed by atoms with van der Waals surface area (Å²) in [5.74, 6) is 1.30. The van der Waals surface area contributed by atoms with Crippen molar-refractivity contribution >= 4 is 27.3 Å². The quantitative estimate of drug-likeness (QED) is 0.816. The lowest BCUT2D eigenvalue weighted by atomic mass is 10.1. The molecule has 0 radical (unpaired) electrons. The third-order valence-electron chi connectivity index (χ3n) is 2.99. The molecule has 0 saturated heterocycles. The van der Waals surface area contributed by atoms with Gasteiger partial charge in [-0.05, 0) is 47.0 Å². The molecule has 0 fully saturated rings. The van der Waals surface area contributed by atoms with Crippen molar-refractivity contribution in [3.63, 3.8) is 0 Å². The fourth-order valence-electron chi connectivity index (χ4n) is 1.97. The second-order valence-electron chi connectivity index (χ2n) is 5.57.